The molecule has 0 aromatic rings. The zero-order valence-corrected chi connectivity index (χ0v) is 7.92. The summed E-state index contributed by atoms with van der Waals surface area (Å²) in [4.78, 5) is 2.51. The van der Waals surface area contributed by atoms with Crippen LogP contribution < -0.4 is 5.32 Å². The molecule has 1 atom stereocenters. The maximum atomic E-state index is 3.62. The molecule has 0 bridgehead atoms. The highest BCUT2D eigenvalue weighted by Crippen LogP contribution is 2.31. The molecule has 3 aliphatic heterocycles. The second kappa shape index (κ2) is 2.88. The summed E-state index contributed by atoms with van der Waals surface area (Å²) in [6.45, 7) is 3.60. The first-order chi connectivity index (χ1) is 6.45. The molecule has 1 saturated heterocycles. The molecule has 3 heterocycles. The average molecular weight is 176 g/mol. The molecule has 0 radical (unpaired) electrons. The molecule has 13 heavy (non-hydrogen) atoms. The lowest BCUT2D eigenvalue weighted by Crippen LogP contribution is -2.43. The summed E-state index contributed by atoms with van der Waals surface area (Å²) >= 11 is 0. The molecule has 70 valence electrons. The van der Waals surface area contributed by atoms with Gasteiger partial charge < -0.3 is 10.2 Å². The lowest BCUT2D eigenvalue weighted by atomic mass is 9.90. The van der Waals surface area contributed by atoms with Gasteiger partial charge in [-0.2, -0.15) is 0 Å². The van der Waals surface area contributed by atoms with E-state index >= 15 is 0 Å². The van der Waals surface area contributed by atoms with E-state index in [1.807, 2.05) is 0 Å². The van der Waals surface area contributed by atoms with Gasteiger partial charge in [-0.1, -0.05) is 6.08 Å². The Kier molecular flexibility index (Phi) is 1.69. The van der Waals surface area contributed by atoms with Crippen molar-refractivity contribution in [2.24, 2.45) is 0 Å². The van der Waals surface area contributed by atoms with Crippen LogP contribution in [0.2, 0.25) is 0 Å². The molecule has 1 fully saturated rings. The van der Waals surface area contributed by atoms with Crippen molar-refractivity contribution in [3.63, 3.8) is 0 Å². The molecule has 1 N–H and O–H groups in total. The number of allylic oxidation sites excluding steroid dienone is 1. The molecule has 2 nitrogen and oxygen atoms in total. The van der Waals surface area contributed by atoms with Gasteiger partial charge in [0.2, 0.25) is 0 Å². The van der Waals surface area contributed by atoms with E-state index in [0.29, 0.717) is 6.04 Å². The van der Waals surface area contributed by atoms with Crippen molar-refractivity contribution in [3.05, 3.63) is 23.4 Å². The Hall–Kier alpha value is -0.760. The van der Waals surface area contributed by atoms with E-state index in [1.165, 1.54) is 38.0 Å². The van der Waals surface area contributed by atoms with Crippen LogP contribution in [0.15, 0.2) is 23.4 Å². The van der Waals surface area contributed by atoms with Gasteiger partial charge in [0.25, 0.3) is 0 Å². The minimum absolute atomic E-state index is 0.697. The van der Waals surface area contributed by atoms with Gasteiger partial charge in [0.1, 0.15) is 0 Å². The number of hydrogen-bond donors (Lipinski definition) is 1. The van der Waals surface area contributed by atoms with Crippen LogP contribution in [0.25, 0.3) is 0 Å². The van der Waals surface area contributed by atoms with Crippen molar-refractivity contribution in [2.75, 3.05) is 19.6 Å². The minimum atomic E-state index is 0.697. The van der Waals surface area contributed by atoms with Crippen LogP contribution in [0.1, 0.15) is 19.3 Å². The normalized spacial score (nSPS) is 32.0. The molecular weight excluding hydrogens is 160 g/mol. The summed E-state index contributed by atoms with van der Waals surface area (Å²) in [6.07, 6.45) is 8.54. The maximum absolute atomic E-state index is 3.62. The summed E-state index contributed by atoms with van der Waals surface area (Å²) in [5, 5.41) is 3.62. The first-order valence-electron chi connectivity index (χ1n) is 5.33. The number of fused-ring (bicyclic) bond motifs is 2. The SMILES string of the molecule is C1=CC2=C3CCCNC3CCN2C1. The molecule has 0 aromatic heterocycles. The lowest BCUT2D eigenvalue weighted by molar-refractivity contribution is 0.315. The molecule has 0 amide bonds. The van der Waals surface area contributed by atoms with Crippen molar-refractivity contribution in [1.29, 1.82) is 0 Å². The second-order valence-corrected chi connectivity index (χ2v) is 4.16. The Labute approximate surface area is 79.3 Å². The first-order valence-corrected chi connectivity index (χ1v) is 5.33. The monoisotopic (exact) mass is 176 g/mol. The standard InChI is InChI=1S/C11H16N2/c1-3-9-10(12-6-1)5-8-13-7-2-4-11(9)13/h2,4,10,12H,1,3,5-8H2. The van der Waals surface area contributed by atoms with Crippen molar-refractivity contribution < 1.29 is 0 Å². The van der Waals surface area contributed by atoms with Gasteiger partial charge in [0.15, 0.2) is 0 Å². The van der Waals surface area contributed by atoms with Crippen LogP contribution >= 0.6 is 0 Å². The van der Waals surface area contributed by atoms with E-state index in [2.05, 4.69) is 22.4 Å². The highest BCUT2D eigenvalue weighted by molar-refractivity contribution is 5.35. The maximum Gasteiger partial charge on any atom is 0.0374 e. The third-order valence-electron chi connectivity index (χ3n) is 3.39. The molecule has 2 heteroatoms. The Bertz CT molecular complexity index is 278. The Morgan fingerprint density at radius 2 is 2.46 bits per heavy atom. The van der Waals surface area contributed by atoms with Crippen LogP contribution in [0.3, 0.4) is 0 Å². The molecular formula is C11H16N2. The zero-order valence-electron chi connectivity index (χ0n) is 7.92. The van der Waals surface area contributed by atoms with Gasteiger partial charge in [0, 0.05) is 24.8 Å². The number of piperidine rings is 1. The molecule has 0 aromatic carbocycles. The molecule has 0 aliphatic carbocycles. The van der Waals surface area contributed by atoms with Gasteiger partial charge in [-0.05, 0) is 37.5 Å². The van der Waals surface area contributed by atoms with Crippen LogP contribution in [-0.2, 0) is 0 Å². The lowest BCUT2D eigenvalue weighted by Gasteiger charge is -2.37. The van der Waals surface area contributed by atoms with E-state index in [0.717, 1.165) is 6.54 Å². The molecule has 1 unspecified atom stereocenters. The first kappa shape index (κ1) is 7.63. The molecule has 0 saturated carbocycles. The predicted molar refractivity (Wildman–Crippen MR) is 53.4 cm³/mol. The summed E-state index contributed by atoms with van der Waals surface area (Å²) in [6, 6.07) is 0.697. The fraction of sp³-hybridized carbons (Fsp3) is 0.636. The summed E-state index contributed by atoms with van der Waals surface area (Å²) in [5.41, 5.74) is 3.20. The van der Waals surface area contributed by atoms with Crippen LogP contribution in [0, 0.1) is 0 Å². The van der Waals surface area contributed by atoms with Gasteiger partial charge in [-0.25, -0.2) is 0 Å². The quantitative estimate of drug-likeness (QED) is 0.598. The molecule has 0 spiro atoms. The Morgan fingerprint density at radius 1 is 1.46 bits per heavy atom. The third kappa shape index (κ3) is 1.12. The van der Waals surface area contributed by atoms with E-state index in [9.17, 15) is 0 Å². The highest BCUT2D eigenvalue weighted by Gasteiger charge is 2.29. The Balaban J connectivity index is 1.98. The number of rotatable bonds is 0. The number of hydrogen-bond acceptors (Lipinski definition) is 2. The van der Waals surface area contributed by atoms with Gasteiger partial charge in [-0.15, -0.1) is 0 Å². The van der Waals surface area contributed by atoms with Gasteiger partial charge in [-0.3, -0.25) is 0 Å². The largest absolute Gasteiger partial charge is 0.368 e. The molecule has 3 aliphatic rings. The van der Waals surface area contributed by atoms with Crippen molar-refractivity contribution in [2.45, 2.75) is 25.3 Å². The van der Waals surface area contributed by atoms with E-state index in [-0.39, 0.29) is 0 Å². The van der Waals surface area contributed by atoms with Gasteiger partial charge in [0.05, 0.1) is 0 Å². The smallest absolute Gasteiger partial charge is 0.0374 e. The van der Waals surface area contributed by atoms with E-state index < -0.39 is 0 Å². The summed E-state index contributed by atoms with van der Waals surface area (Å²) < 4.78 is 0. The Morgan fingerprint density at radius 3 is 3.46 bits per heavy atom. The highest BCUT2D eigenvalue weighted by atomic mass is 15.2. The van der Waals surface area contributed by atoms with Gasteiger partial charge >= 0.3 is 0 Å². The van der Waals surface area contributed by atoms with Crippen molar-refractivity contribution >= 4 is 0 Å². The third-order valence-corrected chi connectivity index (χ3v) is 3.39. The minimum Gasteiger partial charge on any atom is -0.368 e. The topological polar surface area (TPSA) is 15.3 Å². The van der Waals surface area contributed by atoms with Crippen LogP contribution in [0.5, 0.6) is 0 Å². The molecule has 3 rings (SSSR count). The van der Waals surface area contributed by atoms with Crippen LogP contribution in [0.4, 0.5) is 0 Å². The number of nitrogens with zero attached hydrogens (tertiary/aromatic N) is 1. The number of nitrogens with one attached hydrogen (secondary N) is 1. The summed E-state index contributed by atoms with van der Waals surface area (Å²) in [7, 11) is 0. The zero-order chi connectivity index (χ0) is 8.67. The fourth-order valence-corrected chi connectivity index (χ4v) is 2.74. The second-order valence-electron chi connectivity index (χ2n) is 4.16. The van der Waals surface area contributed by atoms with E-state index in [4.69, 9.17) is 0 Å². The summed E-state index contributed by atoms with van der Waals surface area (Å²) in [5.74, 6) is 0. The van der Waals surface area contributed by atoms with Crippen molar-refractivity contribution in [1.82, 2.24) is 10.2 Å². The predicted octanol–water partition coefficient (Wildman–Crippen LogP) is 1.27. The fourth-order valence-electron chi connectivity index (χ4n) is 2.74. The van der Waals surface area contributed by atoms with Crippen molar-refractivity contribution in [3.8, 4) is 0 Å². The van der Waals surface area contributed by atoms with Crippen LogP contribution in [-0.4, -0.2) is 30.6 Å². The average Bonchev–Trinajstić information content (AvgIpc) is 2.65. The van der Waals surface area contributed by atoms with E-state index in [1.54, 1.807) is 5.57 Å².